The Morgan fingerprint density at radius 2 is 1.58 bits per heavy atom. The Bertz CT molecular complexity index is 972. The Morgan fingerprint density at radius 3 is 2.31 bits per heavy atom. The number of hydrogen-bond donors (Lipinski definition) is 1. The van der Waals surface area contributed by atoms with Crippen LogP contribution in [0.3, 0.4) is 0 Å². The van der Waals surface area contributed by atoms with Crippen molar-refractivity contribution in [2.24, 2.45) is 0 Å². The lowest BCUT2D eigenvalue weighted by Crippen LogP contribution is -2.16. The zero-order valence-electron chi connectivity index (χ0n) is 14.2. The van der Waals surface area contributed by atoms with Gasteiger partial charge in [-0.3, -0.25) is 0 Å². The van der Waals surface area contributed by atoms with Crippen LogP contribution in [0.1, 0.15) is 11.1 Å². The standard InChI is InChI=1S/C21H17Br2NOS/c1-13-2-5-15(6-3-13)24-18-7-4-14(8-9-26)10-20(18)25-21-12-17(23)16(22)11-19(21)24/h2-7,10-12,26H,8-9H2,1H3. The van der Waals surface area contributed by atoms with Crippen LogP contribution in [-0.2, 0) is 6.42 Å². The Hall–Kier alpha value is -1.43. The number of rotatable bonds is 3. The van der Waals surface area contributed by atoms with Crippen LogP contribution in [0.4, 0.5) is 17.1 Å². The maximum atomic E-state index is 6.26. The highest BCUT2D eigenvalue weighted by atomic mass is 79.9. The van der Waals surface area contributed by atoms with E-state index in [0.717, 1.165) is 49.7 Å². The van der Waals surface area contributed by atoms with Crippen LogP contribution >= 0.6 is 44.5 Å². The van der Waals surface area contributed by atoms with Crippen LogP contribution in [0.15, 0.2) is 63.5 Å². The summed E-state index contributed by atoms with van der Waals surface area (Å²) in [6.45, 7) is 2.10. The first kappa shape index (κ1) is 18.0. The Morgan fingerprint density at radius 1 is 0.885 bits per heavy atom. The lowest BCUT2D eigenvalue weighted by Gasteiger charge is -2.33. The molecule has 0 fully saturated rings. The fraction of sp³-hybridized carbons (Fsp3) is 0.143. The van der Waals surface area contributed by atoms with Gasteiger partial charge in [-0.05, 0) is 92.9 Å². The molecule has 1 heterocycles. The third-order valence-electron chi connectivity index (χ3n) is 4.42. The average Bonchev–Trinajstić information content (AvgIpc) is 2.62. The number of anilines is 3. The van der Waals surface area contributed by atoms with E-state index >= 15 is 0 Å². The zero-order chi connectivity index (χ0) is 18.3. The fourth-order valence-electron chi connectivity index (χ4n) is 3.10. The van der Waals surface area contributed by atoms with Gasteiger partial charge in [-0.1, -0.05) is 23.8 Å². The van der Waals surface area contributed by atoms with Gasteiger partial charge >= 0.3 is 0 Å². The van der Waals surface area contributed by atoms with Crippen LogP contribution in [0.25, 0.3) is 0 Å². The van der Waals surface area contributed by atoms with Crippen molar-refractivity contribution in [1.29, 1.82) is 0 Å². The van der Waals surface area contributed by atoms with Gasteiger partial charge in [0, 0.05) is 14.6 Å². The predicted molar refractivity (Wildman–Crippen MR) is 119 cm³/mol. The smallest absolute Gasteiger partial charge is 0.152 e. The van der Waals surface area contributed by atoms with Crippen molar-refractivity contribution in [1.82, 2.24) is 0 Å². The lowest BCUT2D eigenvalue weighted by molar-refractivity contribution is 0.476. The van der Waals surface area contributed by atoms with E-state index in [0.29, 0.717) is 0 Å². The van der Waals surface area contributed by atoms with Crippen molar-refractivity contribution in [3.05, 3.63) is 74.7 Å². The summed E-state index contributed by atoms with van der Waals surface area (Å²) in [5.41, 5.74) is 5.63. The molecule has 0 spiro atoms. The molecule has 0 saturated carbocycles. The number of aryl methyl sites for hydroxylation is 2. The number of fused-ring (bicyclic) bond motifs is 2. The maximum Gasteiger partial charge on any atom is 0.152 e. The third kappa shape index (κ3) is 3.28. The maximum absolute atomic E-state index is 6.26. The molecule has 0 aliphatic carbocycles. The first-order chi connectivity index (χ1) is 12.6. The van der Waals surface area contributed by atoms with Crippen LogP contribution in [0.2, 0.25) is 0 Å². The van der Waals surface area contributed by atoms with Crippen molar-refractivity contribution in [3.8, 4) is 11.5 Å². The first-order valence-electron chi connectivity index (χ1n) is 8.34. The van der Waals surface area contributed by atoms with E-state index in [9.17, 15) is 0 Å². The van der Waals surface area contributed by atoms with Gasteiger partial charge in [-0.15, -0.1) is 0 Å². The zero-order valence-corrected chi connectivity index (χ0v) is 18.2. The number of halogens is 2. The second kappa shape index (κ2) is 7.29. The number of ether oxygens (including phenoxy) is 1. The third-order valence-corrected chi connectivity index (χ3v) is 6.49. The van der Waals surface area contributed by atoms with Crippen molar-refractivity contribution >= 4 is 61.6 Å². The van der Waals surface area contributed by atoms with Gasteiger partial charge in [0.05, 0.1) is 11.4 Å². The van der Waals surface area contributed by atoms with Crippen molar-refractivity contribution in [2.45, 2.75) is 13.3 Å². The normalized spacial score (nSPS) is 12.4. The molecule has 0 aromatic heterocycles. The predicted octanol–water partition coefficient (Wildman–Crippen LogP) is 7.57. The van der Waals surface area contributed by atoms with Crippen LogP contribution < -0.4 is 9.64 Å². The molecule has 3 aromatic rings. The molecule has 26 heavy (non-hydrogen) atoms. The second-order valence-corrected chi connectivity index (χ2v) is 8.44. The first-order valence-corrected chi connectivity index (χ1v) is 10.6. The van der Waals surface area contributed by atoms with E-state index in [2.05, 4.69) is 105 Å². The van der Waals surface area contributed by atoms with E-state index in [-0.39, 0.29) is 0 Å². The van der Waals surface area contributed by atoms with Gasteiger partial charge in [0.25, 0.3) is 0 Å². The van der Waals surface area contributed by atoms with Gasteiger partial charge in [0.15, 0.2) is 11.5 Å². The topological polar surface area (TPSA) is 12.5 Å². The minimum absolute atomic E-state index is 0.815. The molecule has 4 rings (SSSR count). The van der Waals surface area contributed by atoms with Crippen molar-refractivity contribution < 1.29 is 4.74 Å². The molecule has 1 aliphatic heterocycles. The van der Waals surface area contributed by atoms with E-state index in [4.69, 9.17) is 4.74 Å². The summed E-state index contributed by atoms with van der Waals surface area (Å²) >= 11 is 11.6. The van der Waals surface area contributed by atoms with Gasteiger partial charge in [-0.2, -0.15) is 12.6 Å². The number of nitrogens with zero attached hydrogens (tertiary/aromatic N) is 1. The minimum Gasteiger partial charge on any atom is -0.453 e. The van der Waals surface area contributed by atoms with Gasteiger partial charge in [0.2, 0.25) is 0 Å². The van der Waals surface area contributed by atoms with E-state index < -0.39 is 0 Å². The average molecular weight is 491 g/mol. The summed E-state index contributed by atoms with van der Waals surface area (Å²) < 4.78 is 8.22. The van der Waals surface area contributed by atoms with Gasteiger partial charge in [-0.25, -0.2) is 0 Å². The minimum atomic E-state index is 0.815. The summed E-state index contributed by atoms with van der Waals surface area (Å²) in [7, 11) is 0. The van der Waals surface area contributed by atoms with Crippen LogP contribution in [0.5, 0.6) is 11.5 Å². The van der Waals surface area contributed by atoms with E-state index in [1.807, 2.05) is 6.07 Å². The van der Waals surface area contributed by atoms with E-state index in [1.54, 1.807) is 0 Å². The molecular weight excluding hydrogens is 474 g/mol. The monoisotopic (exact) mass is 489 g/mol. The molecule has 0 unspecified atom stereocenters. The van der Waals surface area contributed by atoms with Crippen molar-refractivity contribution in [3.63, 3.8) is 0 Å². The number of benzene rings is 3. The molecule has 0 radical (unpaired) electrons. The lowest BCUT2D eigenvalue weighted by atomic mass is 10.1. The number of thiol groups is 1. The molecule has 0 atom stereocenters. The SMILES string of the molecule is Cc1ccc(N2c3ccc(CCS)cc3Oc3cc(Br)c(Br)cc32)cc1. The molecular formula is C21H17Br2NOS. The van der Waals surface area contributed by atoms with Gasteiger partial charge < -0.3 is 9.64 Å². The number of hydrogen-bond acceptors (Lipinski definition) is 3. The van der Waals surface area contributed by atoms with Crippen LogP contribution in [0, 0.1) is 6.92 Å². The molecule has 0 saturated heterocycles. The summed E-state index contributed by atoms with van der Waals surface area (Å²) in [5.74, 6) is 2.51. The summed E-state index contributed by atoms with van der Waals surface area (Å²) in [6, 6.07) is 19.0. The Kier molecular flexibility index (Phi) is 5.04. The second-order valence-electron chi connectivity index (χ2n) is 6.28. The molecule has 0 N–H and O–H groups in total. The highest BCUT2D eigenvalue weighted by Crippen LogP contribution is 2.52. The van der Waals surface area contributed by atoms with Gasteiger partial charge in [0.1, 0.15) is 0 Å². The molecule has 3 aromatic carbocycles. The Balaban J connectivity index is 1.91. The fourth-order valence-corrected chi connectivity index (χ4v) is 4.02. The molecule has 0 bridgehead atoms. The largest absolute Gasteiger partial charge is 0.453 e. The summed E-state index contributed by atoms with van der Waals surface area (Å²) in [4.78, 5) is 2.25. The van der Waals surface area contributed by atoms with Crippen molar-refractivity contribution in [2.75, 3.05) is 10.7 Å². The molecule has 0 amide bonds. The van der Waals surface area contributed by atoms with E-state index in [1.165, 1.54) is 11.1 Å². The van der Waals surface area contributed by atoms with Crippen LogP contribution in [-0.4, -0.2) is 5.75 Å². The molecule has 1 aliphatic rings. The molecule has 132 valence electrons. The summed E-state index contributed by atoms with van der Waals surface area (Å²) in [5, 5.41) is 0. The highest BCUT2D eigenvalue weighted by Gasteiger charge is 2.27. The summed E-state index contributed by atoms with van der Waals surface area (Å²) in [6.07, 6.45) is 0.918. The Labute approximate surface area is 175 Å². The molecule has 2 nitrogen and oxygen atoms in total. The highest BCUT2D eigenvalue weighted by molar-refractivity contribution is 9.13. The quantitative estimate of drug-likeness (QED) is 0.297. The molecule has 5 heteroatoms.